The van der Waals surface area contributed by atoms with Crippen LogP contribution in [-0.2, 0) is 4.74 Å². The second-order valence-electron chi connectivity index (χ2n) is 4.79. The van der Waals surface area contributed by atoms with Gasteiger partial charge in [-0.15, -0.1) is 0 Å². The number of aromatic nitrogens is 2. The Labute approximate surface area is 112 Å². The first kappa shape index (κ1) is 12.3. The van der Waals surface area contributed by atoms with Crippen molar-refractivity contribution in [3.05, 3.63) is 30.6 Å². The zero-order valence-corrected chi connectivity index (χ0v) is 11.0. The van der Waals surface area contributed by atoms with Crippen molar-refractivity contribution in [1.29, 1.82) is 0 Å². The van der Waals surface area contributed by atoms with Crippen molar-refractivity contribution in [2.75, 3.05) is 38.2 Å². The summed E-state index contributed by atoms with van der Waals surface area (Å²) in [6, 6.07) is 8.07. The van der Waals surface area contributed by atoms with E-state index in [-0.39, 0.29) is 6.10 Å². The van der Waals surface area contributed by atoms with Crippen LogP contribution in [0.2, 0.25) is 0 Å². The number of hydrogen-bond donors (Lipinski definition) is 1. The monoisotopic (exact) mass is 258 g/mol. The van der Waals surface area contributed by atoms with Gasteiger partial charge in [-0.05, 0) is 12.1 Å². The second kappa shape index (κ2) is 5.50. The van der Waals surface area contributed by atoms with Crippen molar-refractivity contribution in [3.8, 4) is 0 Å². The summed E-state index contributed by atoms with van der Waals surface area (Å²) in [6.45, 7) is 3.45. The van der Waals surface area contributed by atoms with E-state index in [2.05, 4.69) is 26.3 Å². The lowest BCUT2D eigenvalue weighted by Gasteiger charge is -2.29. The molecule has 2 aromatic rings. The maximum absolute atomic E-state index is 5.73. The SMILES string of the molecule is CN(CC1CNCCO1)c1ncnc2ccccc12. The van der Waals surface area contributed by atoms with Crippen LogP contribution in [0.25, 0.3) is 10.9 Å². The van der Waals surface area contributed by atoms with Crippen LogP contribution in [-0.4, -0.2) is 49.4 Å². The highest BCUT2D eigenvalue weighted by Crippen LogP contribution is 2.21. The van der Waals surface area contributed by atoms with Crippen LogP contribution >= 0.6 is 0 Å². The van der Waals surface area contributed by atoms with Crippen LogP contribution in [0.15, 0.2) is 30.6 Å². The van der Waals surface area contributed by atoms with E-state index in [4.69, 9.17) is 4.74 Å². The molecular weight excluding hydrogens is 240 g/mol. The first-order chi connectivity index (χ1) is 9.34. The maximum atomic E-state index is 5.73. The molecule has 5 nitrogen and oxygen atoms in total. The van der Waals surface area contributed by atoms with Gasteiger partial charge >= 0.3 is 0 Å². The van der Waals surface area contributed by atoms with E-state index in [0.717, 1.165) is 43.0 Å². The van der Waals surface area contributed by atoms with Gasteiger partial charge < -0.3 is 15.0 Å². The number of ether oxygens (including phenoxy) is 1. The highest BCUT2D eigenvalue weighted by atomic mass is 16.5. The molecule has 1 unspecified atom stereocenters. The Morgan fingerprint density at radius 1 is 1.37 bits per heavy atom. The molecule has 0 saturated carbocycles. The predicted octanol–water partition coefficient (Wildman–Crippen LogP) is 1.05. The zero-order chi connectivity index (χ0) is 13.1. The molecule has 1 aliphatic heterocycles. The molecule has 0 radical (unpaired) electrons. The summed E-state index contributed by atoms with van der Waals surface area (Å²) < 4.78 is 5.73. The normalized spacial score (nSPS) is 19.5. The summed E-state index contributed by atoms with van der Waals surface area (Å²) in [4.78, 5) is 10.8. The third-order valence-electron chi connectivity index (χ3n) is 3.37. The minimum absolute atomic E-state index is 0.215. The fourth-order valence-corrected chi connectivity index (χ4v) is 2.42. The quantitative estimate of drug-likeness (QED) is 0.892. The van der Waals surface area contributed by atoms with Crippen LogP contribution in [0.4, 0.5) is 5.82 Å². The van der Waals surface area contributed by atoms with E-state index in [1.165, 1.54) is 0 Å². The molecule has 1 fully saturated rings. The van der Waals surface area contributed by atoms with Crippen molar-refractivity contribution < 1.29 is 4.74 Å². The van der Waals surface area contributed by atoms with Gasteiger partial charge in [0.15, 0.2) is 0 Å². The Morgan fingerprint density at radius 2 is 2.26 bits per heavy atom. The number of rotatable bonds is 3. The molecule has 19 heavy (non-hydrogen) atoms. The topological polar surface area (TPSA) is 50.3 Å². The highest BCUT2D eigenvalue weighted by Gasteiger charge is 2.17. The van der Waals surface area contributed by atoms with Crippen LogP contribution in [0, 0.1) is 0 Å². The smallest absolute Gasteiger partial charge is 0.139 e. The molecule has 1 saturated heterocycles. The van der Waals surface area contributed by atoms with Crippen LogP contribution in [0.3, 0.4) is 0 Å². The van der Waals surface area contributed by atoms with Crippen molar-refractivity contribution >= 4 is 16.7 Å². The fourth-order valence-electron chi connectivity index (χ4n) is 2.42. The Hall–Kier alpha value is -1.72. The third-order valence-corrected chi connectivity index (χ3v) is 3.37. The Morgan fingerprint density at radius 3 is 3.11 bits per heavy atom. The molecular formula is C14H18N4O. The highest BCUT2D eigenvalue weighted by molar-refractivity contribution is 5.89. The molecule has 5 heteroatoms. The first-order valence-corrected chi connectivity index (χ1v) is 6.58. The number of fused-ring (bicyclic) bond motifs is 1. The average molecular weight is 258 g/mol. The molecule has 1 aromatic carbocycles. The van der Waals surface area contributed by atoms with Gasteiger partial charge in [-0.2, -0.15) is 0 Å². The summed E-state index contributed by atoms with van der Waals surface area (Å²) in [7, 11) is 2.05. The lowest BCUT2D eigenvalue weighted by Crippen LogP contribution is -2.44. The van der Waals surface area contributed by atoms with E-state index in [9.17, 15) is 0 Å². The van der Waals surface area contributed by atoms with Gasteiger partial charge in [0.2, 0.25) is 0 Å². The largest absolute Gasteiger partial charge is 0.374 e. The van der Waals surface area contributed by atoms with Crippen molar-refractivity contribution in [3.63, 3.8) is 0 Å². The van der Waals surface area contributed by atoms with E-state index in [1.54, 1.807) is 6.33 Å². The van der Waals surface area contributed by atoms with E-state index < -0.39 is 0 Å². The zero-order valence-electron chi connectivity index (χ0n) is 11.0. The Balaban J connectivity index is 1.82. The van der Waals surface area contributed by atoms with Gasteiger partial charge in [-0.25, -0.2) is 9.97 Å². The molecule has 1 aliphatic rings. The van der Waals surface area contributed by atoms with E-state index in [1.807, 2.05) is 25.2 Å². The van der Waals surface area contributed by atoms with Crippen molar-refractivity contribution in [2.45, 2.75) is 6.10 Å². The van der Waals surface area contributed by atoms with E-state index in [0.29, 0.717) is 0 Å². The van der Waals surface area contributed by atoms with Gasteiger partial charge in [-0.3, -0.25) is 0 Å². The second-order valence-corrected chi connectivity index (χ2v) is 4.79. The minimum Gasteiger partial charge on any atom is -0.374 e. The number of hydrogen-bond acceptors (Lipinski definition) is 5. The van der Waals surface area contributed by atoms with Gasteiger partial charge in [0, 0.05) is 32.1 Å². The fraction of sp³-hybridized carbons (Fsp3) is 0.429. The lowest BCUT2D eigenvalue weighted by atomic mass is 10.2. The summed E-state index contributed by atoms with van der Waals surface area (Å²) in [5.74, 6) is 0.958. The predicted molar refractivity (Wildman–Crippen MR) is 75.4 cm³/mol. The van der Waals surface area contributed by atoms with E-state index >= 15 is 0 Å². The van der Waals surface area contributed by atoms with Gasteiger partial charge in [0.1, 0.15) is 12.1 Å². The molecule has 1 N–H and O–H groups in total. The molecule has 100 valence electrons. The number of para-hydroxylation sites is 1. The minimum atomic E-state index is 0.215. The third kappa shape index (κ3) is 2.67. The van der Waals surface area contributed by atoms with Crippen LogP contribution in [0.5, 0.6) is 0 Å². The molecule has 2 heterocycles. The molecule has 0 aliphatic carbocycles. The standard InChI is InChI=1S/C14H18N4O/c1-18(9-11-8-15-6-7-19-11)14-12-4-2-3-5-13(12)16-10-17-14/h2-5,10-11,15H,6-9H2,1H3. The number of nitrogens with zero attached hydrogens (tertiary/aromatic N) is 3. The number of nitrogens with one attached hydrogen (secondary N) is 1. The lowest BCUT2D eigenvalue weighted by molar-refractivity contribution is 0.0339. The van der Waals surface area contributed by atoms with Gasteiger partial charge in [0.25, 0.3) is 0 Å². The Kier molecular flexibility index (Phi) is 3.57. The van der Waals surface area contributed by atoms with Gasteiger partial charge in [-0.1, -0.05) is 12.1 Å². The number of likely N-dealkylation sites (N-methyl/N-ethyl adjacent to an activating group) is 1. The average Bonchev–Trinajstić information content (AvgIpc) is 2.47. The molecule has 0 bridgehead atoms. The molecule has 1 atom stereocenters. The summed E-state index contributed by atoms with van der Waals surface area (Å²) in [6.07, 6.45) is 1.83. The maximum Gasteiger partial charge on any atom is 0.139 e. The van der Waals surface area contributed by atoms with Crippen molar-refractivity contribution in [1.82, 2.24) is 15.3 Å². The summed E-state index contributed by atoms with van der Waals surface area (Å²) >= 11 is 0. The molecule has 0 amide bonds. The first-order valence-electron chi connectivity index (χ1n) is 6.58. The number of morpholine rings is 1. The van der Waals surface area contributed by atoms with Crippen LogP contribution < -0.4 is 10.2 Å². The summed E-state index contributed by atoms with van der Waals surface area (Å²) in [5.41, 5.74) is 0.974. The molecule has 0 spiro atoms. The van der Waals surface area contributed by atoms with Gasteiger partial charge in [0.05, 0.1) is 18.2 Å². The number of anilines is 1. The molecule has 3 rings (SSSR count). The Bertz CT molecular complexity index is 549. The molecule has 1 aromatic heterocycles. The van der Waals surface area contributed by atoms with Crippen molar-refractivity contribution in [2.24, 2.45) is 0 Å². The summed E-state index contributed by atoms with van der Waals surface area (Å²) in [5, 5.41) is 4.42. The number of benzene rings is 1. The van der Waals surface area contributed by atoms with Crippen LogP contribution in [0.1, 0.15) is 0 Å².